The lowest BCUT2D eigenvalue weighted by Crippen LogP contribution is -2.11. The van der Waals surface area contributed by atoms with Crippen molar-refractivity contribution in [3.8, 4) is 0 Å². The average Bonchev–Trinajstić information content (AvgIpc) is 2.28. The summed E-state index contributed by atoms with van der Waals surface area (Å²) in [6, 6.07) is 0. The van der Waals surface area contributed by atoms with E-state index in [1.54, 1.807) is 0 Å². The quantitative estimate of drug-likeness (QED) is 0.650. The fourth-order valence-electron chi connectivity index (χ4n) is 1.44. The summed E-state index contributed by atoms with van der Waals surface area (Å²) < 4.78 is 0. The van der Waals surface area contributed by atoms with Crippen LogP contribution in [0.2, 0.25) is 0 Å². The molecule has 0 aliphatic carbocycles. The van der Waals surface area contributed by atoms with Crippen molar-refractivity contribution in [2.75, 3.05) is 30.8 Å². The van der Waals surface area contributed by atoms with Crippen molar-refractivity contribution in [2.45, 2.75) is 19.8 Å². The Morgan fingerprint density at radius 1 is 1.33 bits per heavy atom. The van der Waals surface area contributed by atoms with Crippen molar-refractivity contribution in [1.29, 1.82) is 0 Å². The minimum absolute atomic E-state index is 0.102. The molecule has 0 radical (unpaired) electrons. The van der Waals surface area contributed by atoms with E-state index in [0.29, 0.717) is 6.54 Å². The third-order valence-corrected chi connectivity index (χ3v) is 2.09. The Morgan fingerprint density at radius 2 is 2.07 bits per heavy atom. The van der Waals surface area contributed by atoms with Crippen LogP contribution in [0.5, 0.6) is 0 Å². The molecule has 0 saturated heterocycles. The van der Waals surface area contributed by atoms with Gasteiger partial charge in [0.15, 0.2) is 0 Å². The molecular formula is C10H18N4O. The van der Waals surface area contributed by atoms with Gasteiger partial charge in [-0.3, -0.25) is 0 Å². The van der Waals surface area contributed by atoms with E-state index in [9.17, 15) is 0 Å². The molecule has 1 heterocycles. The first-order valence-corrected chi connectivity index (χ1v) is 5.19. The molecule has 0 aliphatic rings. The Kier molecular flexibility index (Phi) is 4.83. The number of aliphatic hydroxyl groups is 1. The lowest BCUT2D eigenvalue weighted by molar-refractivity contribution is 0.311. The van der Waals surface area contributed by atoms with Crippen molar-refractivity contribution in [3.05, 3.63) is 11.9 Å². The van der Waals surface area contributed by atoms with Gasteiger partial charge in [-0.1, -0.05) is 13.3 Å². The largest absolute Gasteiger partial charge is 0.395 e. The lowest BCUT2D eigenvalue weighted by Gasteiger charge is -2.12. The van der Waals surface area contributed by atoms with Crippen molar-refractivity contribution in [1.82, 2.24) is 9.97 Å². The molecule has 0 atom stereocenters. The summed E-state index contributed by atoms with van der Waals surface area (Å²) in [5.41, 5.74) is 1.08. The summed E-state index contributed by atoms with van der Waals surface area (Å²) in [4.78, 5) is 8.33. The predicted octanol–water partition coefficient (Wildman–Crippen LogP) is 0.875. The van der Waals surface area contributed by atoms with Crippen LogP contribution in [0, 0.1) is 0 Å². The minimum Gasteiger partial charge on any atom is -0.395 e. The Labute approximate surface area is 90.0 Å². The highest BCUT2D eigenvalue weighted by molar-refractivity contribution is 5.57. The molecule has 0 aromatic carbocycles. The van der Waals surface area contributed by atoms with E-state index in [1.807, 2.05) is 7.05 Å². The first-order chi connectivity index (χ1) is 7.33. The first kappa shape index (κ1) is 11.7. The van der Waals surface area contributed by atoms with Crippen molar-refractivity contribution in [2.24, 2.45) is 0 Å². The molecule has 0 aliphatic heterocycles. The van der Waals surface area contributed by atoms with E-state index < -0.39 is 0 Å². The molecule has 5 heteroatoms. The minimum atomic E-state index is 0.102. The maximum absolute atomic E-state index is 8.75. The van der Waals surface area contributed by atoms with E-state index in [-0.39, 0.29) is 6.61 Å². The summed E-state index contributed by atoms with van der Waals surface area (Å²) in [6.07, 6.45) is 3.48. The molecule has 1 aromatic heterocycles. The molecule has 3 N–H and O–H groups in total. The van der Waals surface area contributed by atoms with Gasteiger partial charge in [0.1, 0.15) is 18.0 Å². The van der Waals surface area contributed by atoms with Crippen molar-refractivity contribution in [3.63, 3.8) is 0 Å². The molecule has 1 rings (SSSR count). The van der Waals surface area contributed by atoms with E-state index in [4.69, 9.17) is 5.11 Å². The molecule has 0 spiro atoms. The Hall–Kier alpha value is -1.36. The van der Waals surface area contributed by atoms with Crippen molar-refractivity contribution >= 4 is 11.6 Å². The summed E-state index contributed by atoms with van der Waals surface area (Å²) >= 11 is 0. The maximum atomic E-state index is 8.75. The zero-order chi connectivity index (χ0) is 11.1. The standard InChI is InChI=1S/C10H18N4O/c1-3-4-8-9(11-2)13-7-14-10(8)12-5-6-15/h7,15H,3-6H2,1-2H3,(H2,11,12,13,14). The molecule has 0 amide bonds. The van der Waals surface area contributed by atoms with Gasteiger partial charge >= 0.3 is 0 Å². The first-order valence-electron chi connectivity index (χ1n) is 5.19. The summed E-state index contributed by atoms with van der Waals surface area (Å²) in [6.45, 7) is 2.73. The van der Waals surface area contributed by atoms with E-state index in [0.717, 1.165) is 30.0 Å². The highest BCUT2D eigenvalue weighted by atomic mass is 16.3. The van der Waals surface area contributed by atoms with Crippen LogP contribution in [-0.2, 0) is 6.42 Å². The fourth-order valence-corrected chi connectivity index (χ4v) is 1.44. The van der Waals surface area contributed by atoms with Crippen LogP contribution in [0.1, 0.15) is 18.9 Å². The average molecular weight is 210 g/mol. The number of rotatable bonds is 6. The Morgan fingerprint density at radius 3 is 2.67 bits per heavy atom. The van der Waals surface area contributed by atoms with Crippen LogP contribution < -0.4 is 10.6 Å². The Balaban J connectivity index is 2.90. The van der Waals surface area contributed by atoms with Gasteiger partial charge < -0.3 is 15.7 Å². The molecule has 1 aromatic rings. The van der Waals surface area contributed by atoms with Gasteiger partial charge in [0.25, 0.3) is 0 Å². The van der Waals surface area contributed by atoms with Crippen LogP contribution in [0.4, 0.5) is 11.6 Å². The van der Waals surface area contributed by atoms with Gasteiger partial charge in [-0.05, 0) is 6.42 Å². The van der Waals surface area contributed by atoms with Crippen LogP contribution in [0.3, 0.4) is 0 Å². The SMILES string of the molecule is CCCc1c(NC)ncnc1NCCO. The number of hydrogen-bond acceptors (Lipinski definition) is 5. The molecule has 5 nitrogen and oxygen atoms in total. The highest BCUT2D eigenvalue weighted by Gasteiger charge is 2.08. The fraction of sp³-hybridized carbons (Fsp3) is 0.600. The topological polar surface area (TPSA) is 70.1 Å². The van der Waals surface area contributed by atoms with E-state index in [1.165, 1.54) is 6.33 Å². The number of anilines is 2. The van der Waals surface area contributed by atoms with Crippen LogP contribution in [-0.4, -0.2) is 35.3 Å². The van der Waals surface area contributed by atoms with Gasteiger partial charge in [0.2, 0.25) is 0 Å². The number of hydrogen-bond donors (Lipinski definition) is 3. The zero-order valence-electron chi connectivity index (χ0n) is 9.25. The van der Waals surface area contributed by atoms with Crippen molar-refractivity contribution < 1.29 is 5.11 Å². The molecule has 0 unspecified atom stereocenters. The second-order valence-corrected chi connectivity index (χ2v) is 3.20. The zero-order valence-corrected chi connectivity index (χ0v) is 9.25. The molecular weight excluding hydrogens is 192 g/mol. The molecule has 0 bridgehead atoms. The lowest BCUT2D eigenvalue weighted by atomic mass is 10.1. The predicted molar refractivity (Wildman–Crippen MR) is 61.1 cm³/mol. The Bertz CT molecular complexity index is 303. The summed E-state index contributed by atoms with van der Waals surface area (Å²) in [7, 11) is 1.84. The number of nitrogens with zero attached hydrogens (tertiary/aromatic N) is 2. The monoisotopic (exact) mass is 210 g/mol. The van der Waals surface area contributed by atoms with Crippen LogP contribution >= 0.6 is 0 Å². The maximum Gasteiger partial charge on any atom is 0.134 e. The van der Waals surface area contributed by atoms with E-state index in [2.05, 4.69) is 27.5 Å². The third kappa shape index (κ3) is 3.06. The van der Waals surface area contributed by atoms with Crippen LogP contribution in [0.15, 0.2) is 6.33 Å². The second kappa shape index (κ2) is 6.19. The molecule has 0 fully saturated rings. The summed E-state index contributed by atoms with van der Waals surface area (Å²) in [5.74, 6) is 1.66. The van der Waals surface area contributed by atoms with Gasteiger partial charge in [-0.15, -0.1) is 0 Å². The highest BCUT2D eigenvalue weighted by Crippen LogP contribution is 2.20. The van der Waals surface area contributed by atoms with Gasteiger partial charge in [-0.25, -0.2) is 9.97 Å². The second-order valence-electron chi connectivity index (χ2n) is 3.20. The normalized spacial score (nSPS) is 10.1. The van der Waals surface area contributed by atoms with E-state index >= 15 is 0 Å². The number of aromatic nitrogens is 2. The smallest absolute Gasteiger partial charge is 0.134 e. The van der Waals surface area contributed by atoms with Crippen LogP contribution in [0.25, 0.3) is 0 Å². The number of aliphatic hydroxyl groups excluding tert-OH is 1. The number of nitrogens with one attached hydrogen (secondary N) is 2. The molecule has 84 valence electrons. The third-order valence-electron chi connectivity index (χ3n) is 2.09. The van der Waals surface area contributed by atoms with Gasteiger partial charge in [0, 0.05) is 19.2 Å². The molecule has 0 saturated carbocycles. The summed E-state index contributed by atoms with van der Waals surface area (Å²) in [5, 5.41) is 14.9. The molecule has 15 heavy (non-hydrogen) atoms. The van der Waals surface area contributed by atoms with Gasteiger partial charge in [0.05, 0.1) is 6.61 Å². The van der Waals surface area contributed by atoms with Gasteiger partial charge in [-0.2, -0.15) is 0 Å².